The molecule has 1 aliphatic heterocycles. The molecule has 92 valence electrons. The first kappa shape index (κ1) is 13.5. The third kappa shape index (κ3) is 2.96. The average molecular weight is 244 g/mol. The Hall–Kier alpha value is -0.600. The maximum atomic E-state index is 12.0. The van der Waals surface area contributed by atoms with Gasteiger partial charge in [-0.05, 0) is 32.1 Å². The minimum absolute atomic E-state index is 0.574. The molecule has 0 N–H and O–H groups in total. The van der Waals surface area contributed by atoms with Crippen LogP contribution < -0.4 is 0 Å². The third-order valence-electron chi connectivity index (χ3n) is 3.37. The van der Waals surface area contributed by atoms with Gasteiger partial charge in [0.15, 0.2) is 5.25 Å². The lowest BCUT2D eigenvalue weighted by molar-refractivity contribution is 0.405. The molecular formula is C11H20N2O2S. The quantitative estimate of drug-likeness (QED) is 0.759. The van der Waals surface area contributed by atoms with Gasteiger partial charge in [-0.3, -0.25) is 0 Å². The summed E-state index contributed by atoms with van der Waals surface area (Å²) in [6.07, 6.45) is 4.05. The fraction of sp³-hybridized carbons (Fsp3) is 0.909. The van der Waals surface area contributed by atoms with Crippen molar-refractivity contribution in [1.82, 2.24) is 4.31 Å². The molecule has 1 heterocycles. The number of nitrogens with zero attached hydrogens (tertiary/aromatic N) is 2. The van der Waals surface area contributed by atoms with Crippen LogP contribution in [-0.2, 0) is 10.0 Å². The second kappa shape index (κ2) is 5.65. The molecule has 0 radical (unpaired) electrons. The van der Waals surface area contributed by atoms with Crippen LogP contribution >= 0.6 is 0 Å². The van der Waals surface area contributed by atoms with Gasteiger partial charge >= 0.3 is 0 Å². The molecular weight excluding hydrogens is 224 g/mol. The summed E-state index contributed by atoms with van der Waals surface area (Å²) in [5.41, 5.74) is 0. The van der Waals surface area contributed by atoms with Crippen LogP contribution in [0.2, 0.25) is 0 Å². The highest BCUT2D eigenvalue weighted by atomic mass is 32.2. The number of rotatable bonds is 3. The van der Waals surface area contributed by atoms with Gasteiger partial charge in [0.05, 0.1) is 6.07 Å². The largest absolute Gasteiger partial charge is 0.230 e. The van der Waals surface area contributed by atoms with E-state index in [2.05, 4.69) is 6.92 Å². The molecule has 0 aromatic rings. The van der Waals surface area contributed by atoms with E-state index in [1.165, 1.54) is 11.2 Å². The van der Waals surface area contributed by atoms with Crippen LogP contribution in [0.4, 0.5) is 0 Å². The summed E-state index contributed by atoms with van der Waals surface area (Å²) in [6.45, 7) is 4.75. The van der Waals surface area contributed by atoms with Crippen molar-refractivity contribution in [2.75, 3.05) is 13.1 Å². The van der Waals surface area contributed by atoms with E-state index in [0.29, 0.717) is 19.0 Å². The Morgan fingerprint density at radius 2 is 2.12 bits per heavy atom. The molecule has 0 aromatic heterocycles. The van der Waals surface area contributed by atoms with Crippen LogP contribution in [0.25, 0.3) is 0 Å². The zero-order valence-electron chi connectivity index (χ0n) is 10.0. The van der Waals surface area contributed by atoms with Crippen molar-refractivity contribution in [2.24, 2.45) is 5.92 Å². The first-order chi connectivity index (χ1) is 7.52. The van der Waals surface area contributed by atoms with Crippen molar-refractivity contribution in [3.8, 4) is 6.07 Å². The van der Waals surface area contributed by atoms with Crippen LogP contribution in [0.5, 0.6) is 0 Å². The van der Waals surface area contributed by atoms with E-state index in [-0.39, 0.29) is 0 Å². The Balaban J connectivity index is 2.72. The van der Waals surface area contributed by atoms with E-state index in [1.54, 1.807) is 0 Å². The Kier molecular flexibility index (Phi) is 4.75. The summed E-state index contributed by atoms with van der Waals surface area (Å²) >= 11 is 0. The van der Waals surface area contributed by atoms with Crippen LogP contribution in [0.3, 0.4) is 0 Å². The molecule has 1 rings (SSSR count). The lowest BCUT2D eigenvalue weighted by atomic mass is 9.98. The molecule has 1 aliphatic rings. The van der Waals surface area contributed by atoms with E-state index in [9.17, 15) is 8.42 Å². The number of nitriles is 1. The van der Waals surface area contributed by atoms with Crippen molar-refractivity contribution in [3.05, 3.63) is 0 Å². The third-order valence-corrected chi connectivity index (χ3v) is 5.46. The number of hydrogen-bond acceptors (Lipinski definition) is 3. The van der Waals surface area contributed by atoms with E-state index >= 15 is 0 Å². The molecule has 1 fully saturated rings. The maximum absolute atomic E-state index is 12.0. The lowest BCUT2D eigenvalue weighted by Gasteiger charge is -2.21. The highest BCUT2D eigenvalue weighted by Crippen LogP contribution is 2.22. The summed E-state index contributed by atoms with van der Waals surface area (Å²) < 4.78 is 25.4. The SMILES string of the molecule is CCC1CCCN(S(=O)(=O)C(C)C#N)CC1. The molecule has 2 unspecified atom stereocenters. The highest BCUT2D eigenvalue weighted by molar-refractivity contribution is 7.89. The predicted molar refractivity (Wildman–Crippen MR) is 63.2 cm³/mol. The van der Waals surface area contributed by atoms with E-state index in [0.717, 1.165) is 25.7 Å². The Bertz CT molecular complexity index is 359. The molecule has 16 heavy (non-hydrogen) atoms. The van der Waals surface area contributed by atoms with Gasteiger partial charge in [-0.1, -0.05) is 13.3 Å². The first-order valence-corrected chi connectivity index (χ1v) is 7.41. The summed E-state index contributed by atoms with van der Waals surface area (Å²) in [5.74, 6) is 0.637. The van der Waals surface area contributed by atoms with Crippen molar-refractivity contribution in [2.45, 2.75) is 44.8 Å². The zero-order chi connectivity index (χ0) is 12.2. The zero-order valence-corrected chi connectivity index (χ0v) is 10.8. The van der Waals surface area contributed by atoms with Crippen LogP contribution in [0.15, 0.2) is 0 Å². The summed E-state index contributed by atoms with van der Waals surface area (Å²) in [7, 11) is -3.39. The minimum Gasteiger partial charge on any atom is -0.211 e. The van der Waals surface area contributed by atoms with Gasteiger partial charge in [0.1, 0.15) is 0 Å². The van der Waals surface area contributed by atoms with E-state index in [1.807, 2.05) is 6.07 Å². The van der Waals surface area contributed by atoms with Gasteiger partial charge < -0.3 is 0 Å². The molecule has 5 heteroatoms. The fourth-order valence-corrected chi connectivity index (χ4v) is 3.42. The fourth-order valence-electron chi connectivity index (χ4n) is 2.09. The van der Waals surface area contributed by atoms with Crippen LogP contribution in [0.1, 0.15) is 39.5 Å². The Labute approximate surface area is 98.3 Å². The molecule has 1 saturated heterocycles. The van der Waals surface area contributed by atoms with Crippen molar-refractivity contribution in [1.29, 1.82) is 5.26 Å². The summed E-state index contributed by atoms with van der Waals surface area (Å²) in [5, 5.41) is 7.79. The van der Waals surface area contributed by atoms with Crippen LogP contribution in [0, 0.1) is 17.2 Å². The molecule has 2 atom stereocenters. The van der Waals surface area contributed by atoms with Gasteiger partial charge in [-0.15, -0.1) is 0 Å². The normalized spacial score (nSPS) is 25.7. The topological polar surface area (TPSA) is 61.2 Å². The number of sulfonamides is 1. The van der Waals surface area contributed by atoms with Crippen molar-refractivity contribution in [3.63, 3.8) is 0 Å². The Morgan fingerprint density at radius 3 is 2.69 bits per heavy atom. The van der Waals surface area contributed by atoms with Gasteiger partial charge in [0, 0.05) is 13.1 Å². The average Bonchev–Trinajstić information content (AvgIpc) is 2.53. The summed E-state index contributed by atoms with van der Waals surface area (Å²) in [4.78, 5) is 0. The second-order valence-corrected chi connectivity index (χ2v) is 6.67. The summed E-state index contributed by atoms with van der Waals surface area (Å²) in [6, 6.07) is 1.82. The molecule has 0 aliphatic carbocycles. The van der Waals surface area contributed by atoms with Crippen molar-refractivity contribution < 1.29 is 8.42 Å². The molecule has 4 nitrogen and oxygen atoms in total. The van der Waals surface area contributed by atoms with Gasteiger partial charge in [0.25, 0.3) is 0 Å². The minimum atomic E-state index is -3.39. The molecule has 0 amide bonds. The lowest BCUT2D eigenvalue weighted by Crippen LogP contribution is -2.37. The van der Waals surface area contributed by atoms with Gasteiger partial charge in [0.2, 0.25) is 10.0 Å². The molecule has 0 spiro atoms. The maximum Gasteiger partial charge on any atom is 0.230 e. The van der Waals surface area contributed by atoms with Gasteiger partial charge in [-0.25, -0.2) is 12.7 Å². The smallest absolute Gasteiger partial charge is 0.211 e. The van der Waals surface area contributed by atoms with Gasteiger partial charge in [-0.2, -0.15) is 5.26 Å². The highest BCUT2D eigenvalue weighted by Gasteiger charge is 2.30. The molecule has 0 bridgehead atoms. The standard InChI is InChI=1S/C11H20N2O2S/c1-3-11-5-4-7-13(8-6-11)16(14,15)10(2)9-12/h10-11H,3-8H2,1-2H3. The first-order valence-electron chi connectivity index (χ1n) is 5.91. The monoisotopic (exact) mass is 244 g/mol. The molecule has 0 saturated carbocycles. The predicted octanol–water partition coefficient (Wildman–Crippen LogP) is 1.74. The Morgan fingerprint density at radius 1 is 1.44 bits per heavy atom. The number of hydrogen-bond donors (Lipinski definition) is 0. The van der Waals surface area contributed by atoms with Crippen molar-refractivity contribution >= 4 is 10.0 Å². The van der Waals surface area contributed by atoms with Crippen LogP contribution in [-0.4, -0.2) is 31.1 Å². The second-order valence-electron chi connectivity index (χ2n) is 4.42. The van der Waals surface area contributed by atoms with E-state index < -0.39 is 15.3 Å². The van der Waals surface area contributed by atoms with E-state index in [4.69, 9.17) is 5.26 Å². The molecule has 0 aromatic carbocycles.